The van der Waals surface area contributed by atoms with Crippen LogP contribution in [0.2, 0.25) is 0 Å². The number of rotatable bonds is 15. The summed E-state index contributed by atoms with van der Waals surface area (Å²) in [6.07, 6.45) is 2.97. The molecule has 0 unspecified atom stereocenters. The Bertz CT molecular complexity index is 531. The zero-order valence-corrected chi connectivity index (χ0v) is 18.7. The predicted octanol–water partition coefficient (Wildman–Crippen LogP) is 2.05. The van der Waals surface area contributed by atoms with Crippen molar-refractivity contribution in [3.05, 3.63) is 0 Å². The van der Waals surface area contributed by atoms with Gasteiger partial charge in [-0.05, 0) is 47.0 Å². The molecule has 0 radical (unpaired) electrons. The van der Waals surface area contributed by atoms with Gasteiger partial charge in [-0.25, -0.2) is 0 Å². The molecule has 0 aromatic carbocycles. The molecule has 1 heterocycles. The molecule has 1 aliphatic rings. The van der Waals surface area contributed by atoms with Crippen LogP contribution in [-0.2, 0) is 28.6 Å². The molecule has 8 heteroatoms. The molecule has 1 saturated heterocycles. The number of imide groups is 1. The number of methoxy groups -OCH3 is 1. The molecule has 0 saturated carbocycles. The summed E-state index contributed by atoms with van der Waals surface area (Å²) in [6.45, 7) is 10.6. The fourth-order valence-corrected chi connectivity index (χ4v) is 2.74. The number of likely N-dealkylation sites (tertiary alicyclic amines) is 1. The van der Waals surface area contributed by atoms with Crippen LogP contribution >= 0.6 is 0 Å². The first-order chi connectivity index (χ1) is 13.6. The highest BCUT2D eigenvalue weighted by Gasteiger charge is 2.28. The van der Waals surface area contributed by atoms with E-state index in [0.717, 1.165) is 12.8 Å². The quantitative estimate of drug-likeness (QED) is 0.326. The Morgan fingerprint density at radius 3 is 2.24 bits per heavy atom. The Morgan fingerprint density at radius 1 is 1.00 bits per heavy atom. The van der Waals surface area contributed by atoms with Crippen LogP contribution in [0, 0.1) is 0 Å². The van der Waals surface area contributed by atoms with Gasteiger partial charge in [0.2, 0.25) is 17.7 Å². The summed E-state index contributed by atoms with van der Waals surface area (Å²) in [5, 5.41) is 2.79. The Labute approximate surface area is 174 Å². The standard InChI is InChI=1S/C21H38N2O6/c1-20(2,27-5)11-16-29-21(3,4)10-15-28-14-6-12-22-17(24)9-13-23-18(25)7-8-19(23)26/h6-16H2,1-5H3,(H,22,24). The van der Waals surface area contributed by atoms with E-state index in [0.29, 0.717) is 32.8 Å². The van der Waals surface area contributed by atoms with E-state index in [1.54, 1.807) is 7.11 Å². The molecule has 168 valence electrons. The van der Waals surface area contributed by atoms with E-state index in [1.807, 2.05) is 27.7 Å². The highest BCUT2D eigenvalue weighted by Crippen LogP contribution is 2.19. The van der Waals surface area contributed by atoms with Gasteiger partial charge in [0.25, 0.3) is 0 Å². The van der Waals surface area contributed by atoms with Crippen LogP contribution in [-0.4, -0.2) is 73.8 Å². The van der Waals surface area contributed by atoms with Gasteiger partial charge < -0.3 is 19.5 Å². The first kappa shape index (κ1) is 25.5. The van der Waals surface area contributed by atoms with Gasteiger partial charge in [0.05, 0.1) is 17.8 Å². The third-order valence-corrected chi connectivity index (χ3v) is 5.10. The molecule has 1 rings (SSSR count). The Balaban J connectivity index is 2.02. The lowest BCUT2D eigenvalue weighted by Gasteiger charge is -2.28. The van der Waals surface area contributed by atoms with E-state index in [9.17, 15) is 14.4 Å². The van der Waals surface area contributed by atoms with Crippen molar-refractivity contribution in [2.75, 3.05) is 40.0 Å². The largest absolute Gasteiger partial charge is 0.381 e. The van der Waals surface area contributed by atoms with E-state index in [-0.39, 0.29) is 54.7 Å². The number of ether oxygens (including phenoxy) is 3. The SMILES string of the molecule is COC(C)(C)CCOC(C)(C)CCOCCCNC(=O)CCN1C(=O)CCC1=O. The van der Waals surface area contributed by atoms with Gasteiger partial charge >= 0.3 is 0 Å². The fourth-order valence-electron chi connectivity index (χ4n) is 2.74. The third kappa shape index (κ3) is 10.7. The molecule has 0 atom stereocenters. The zero-order valence-electron chi connectivity index (χ0n) is 18.7. The van der Waals surface area contributed by atoms with Crippen molar-refractivity contribution in [1.29, 1.82) is 0 Å². The number of amides is 3. The molecule has 0 aromatic heterocycles. The van der Waals surface area contributed by atoms with E-state index in [1.165, 1.54) is 4.90 Å². The van der Waals surface area contributed by atoms with Crippen LogP contribution in [0.4, 0.5) is 0 Å². The molecular weight excluding hydrogens is 376 g/mol. The van der Waals surface area contributed by atoms with E-state index in [2.05, 4.69) is 5.32 Å². The molecule has 0 aromatic rings. The maximum atomic E-state index is 11.8. The van der Waals surface area contributed by atoms with Gasteiger partial charge in [-0.3, -0.25) is 19.3 Å². The van der Waals surface area contributed by atoms with Crippen LogP contribution in [0.25, 0.3) is 0 Å². The minimum Gasteiger partial charge on any atom is -0.381 e. The first-order valence-electron chi connectivity index (χ1n) is 10.4. The summed E-state index contributed by atoms with van der Waals surface area (Å²) in [4.78, 5) is 35.9. The van der Waals surface area contributed by atoms with Gasteiger partial charge in [-0.15, -0.1) is 0 Å². The lowest BCUT2D eigenvalue weighted by molar-refractivity contribution is -0.138. The van der Waals surface area contributed by atoms with Crippen molar-refractivity contribution in [2.24, 2.45) is 0 Å². The molecule has 1 N–H and O–H groups in total. The second-order valence-electron chi connectivity index (χ2n) is 8.58. The smallest absolute Gasteiger partial charge is 0.229 e. The highest BCUT2D eigenvalue weighted by atomic mass is 16.5. The minimum atomic E-state index is -0.261. The molecular formula is C21H38N2O6. The maximum Gasteiger partial charge on any atom is 0.229 e. The fraction of sp³-hybridized carbons (Fsp3) is 0.857. The van der Waals surface area contributed by atoms with Crippen molar-refractivity contribution in [3.63, 3.8) is 0 Å². The number of carbonyl (C=O) groups excluding carboxylic acids is 3. The molecule has 8 nitrogen and oxygen atoms in total. The summed E-state index contributed by atoms with van der Waals surface area (Å²) in [5.41, 5.74) is -0.445. The predicted molar refractivity (Wildman–Crippen MR) is 109 cm³/mol. The van der Waals surface area contributed by atoms with Crippen LogP contribution in [0.1, 0.15) is 66.2 Å². The Morgan fingerprint density at radius 2 is 1.62 bits per heavy atom. The molecule has 3 amide bonds. The molecule has 0 bridgehead atoms. The average molecular weight is 415 g/mol. The van der Waals surface area contributed by atoms with Gasteiger partial charge in [0, 0.05) is 52.7 Å². The van der Waals surface area contributed by atoms with Gasteiger partial charge in [-0.2, -0.15) is 0 Å². The van der Waals surface area contributed by atoms with Crippen LogP contribution in [0.5, 0.6) is 0 Å². The van der Waals surface area contributed by atoms with Crippen molar-refractivity contribution in [3.8, 4) is 0 Å². The second-order valence-corrected chi connectivity index (χ2v) is 8.58. The summed E-state index contributed by atoms with van der Waals surface area (Å²) in [7, 11) is 1.71. The number of hydrogen-bond donors (Lipinski definition) is 1. The number of hydrogen-bond acceptors (Lipinski definition) is 6. The van der Waals surface area contributed by atoms with Gasteiger partial charge in [-0.1, -0.05) is 0 Å². The van der Waals surface area contributed by atoms with E-state index >= 15 is 0 Å². The lowest BCUT2D eigenvalue weighted by Crippen LogP contribution is -2.34. The minimum absolute atomic E-state index is 0.143. The summed E-state index contributed by atoms with van der Waals surface area (Å²) < 4.78 is 17.0. The van der Waals surface area contributed by atoms with Crippen LogP contribution in [0.3, 0.4) is 0 Å². The topological polar surface area (TPSA) is 94.2 Å². The average Bonchev–Trinajstić information content (AvgIpc) is 2.96. The third-order valence-electron chi connectivity index (χ3n) is 5.10. The normalized spacial score (nSPS) is 15.3. The van der Waals surface area contributed by atoms with Gasteiger partial charge in [0.1, 0.15) is 0 Å². The Hall–Kier alpha value is -1.51. The number of nitrogens with one attached hydrogen (secondary N) is 1. The zero-order chi connectivity index (χ0) is 21.9. The summed E-state index contributed by atoms with van der Waals surface area (Å²) in [6, 6.07) is 0. The first-order valence-corrected chi connectivity index (χ1v) is 10.4. The Kier molecular flexibility index (Phi) is 10.8. The van der Waals surface area contributed by atoms with E-state index < -0.39 is 0 Å². The van der Waals surface area contributed by atoms with Crippen LogP contribution in [0.15, 0.2) is 0 Å². The van der Waals surface area contributed by atoms with Crippen molar-refractivity contribution in [2.45, 2.75) is 77.4 Å². The highest BCUT2D eigenvalue weighted by molar-refractivity contribution is 6.02. The van der Waals surface area contributed by atoms with Crippen molar-refractivity contribution in [1.82, 2.24) is 10.2 Å². The molecule has 1 aliphatic heterocycles. The maximum absolute atomic E-state index is 11.8. The van der Waals surface area contributed by atoms with Crippen LogP contribution < -0.4 is 5.32 Å². The number of carbonyl (C=O) groups is 3. The second kappa shape index (κ2) is 12.2. The van der Waals surface area contributed by atoms with Crippen molar-refractivity contribution >= 4 is 17.7 Å². The molecule has 29 heavy (non-hydrogen) atoms. The number of nitrogens with zero attached hydrogens (tertiary/aromatic N) is 1. The van der Waals surface area contributed by atoms with Gasteiger partial charge in [0.15, 0.2) is 0 Å². The summed E-state index contributed by atoms with van der Waals surface area (Å²) >= 11 is 0. The molecule has 1 fully saturated rings. The van der Waals surface area contributed by atoms with E-state index in [4.69, 9.17) is 14.2 Å². The van der Waals surface area contributed by atoms with Crippen molar-refractivity contribution < 1.29 is 28.6 Å². The lowest BCUT2D eigenvalue weighted by atomic mass is 10.0. The monoisotopic (exact) mass is 414 g/mol. The molecule has 0 aliphatic carbocycles. The summed E-state index contributed by atoms with van der Waals surface area (Å²) in [5.74, 6) is -0.540. The molecule has 0 spiro atoms.